The molecule has 0 amide bonds. The van der Waals surface area contributed by atoms with Crippen LogP contribution >= 0.6 is 7.82 Å². The number of hydrogen-bond donors (Lipinski definition) is 3. The van der Waals surface area contributed by atoms with Crippen molar-refractivity contribution in [3.63, 3.8) is 0 Å². The largest absolute Gasteiger partial charge is 0 e. The second kappa shape index (κ2) is 6.51. The van der Waals surface area contributed by atoms with E-state index in [2.05, 4.69) is 0 Å². The van der Waals surface area contributed by atoms with E-state index < -0.39 is 7.82 Å². The van der Waals surface area contributed by atoms with Crippen LogP contribution in [0.4, 0.5) is 0 Å². The maximum absolute atomic E-state index is 8.88. The minimum absolute atomic E-state index is 0. The molecule has 0 saturated carbocycles. The molecular formula is H5BaO4PTi. The maximum atomic E-state index is 8.88. The second-order valence-electron chi connectivity index (χ2n) is 0.513. The van der Waals surface area contributed by atoms with Crippen molar-refractivity contribution in [2.45, 2.75) is 0 Å². The Morgan fingerprint density at radius 2 is 1.14 bits per heavy atom. The van der Waals surface area contributed by atoms with Gasteiger partial charge in [-0.1, -0.05) is 0 Å². The van der Waals surface area contributed by atoms with Crippen molar-refractivity contribution in [3.8, 4) is 0 Å². The van der Waals surface area contributed by atoms with Gasteiger partial charge in [-0.05, 0) is 0 Å². The zero-order chi connectivity index (χ0) is 4.50. The smallest absolute Gasteiger partial charge is 0 e. The number of phosphoric acid groups is 1. The van der Waals surface area contributed by atoms with E-state index in [0.717, 1.165) is 0 Å². The number of rotatable bonds is 0. The predicted octanol–water partition coefficient (Wildman–Crippen LogP) is -1.85. The fourth-order valence-electron chi connectivity index (χ4n) is 0. The Balaban J connectivity index is -0.0000000800. The molecule has 0 heterocycles. The Labute approximate surface area is 95.9 Å². The first-order chi connectivity index (χ1) is 2.00. The number of hydrogen-bond acceptors (Lipinski definition) is 1. The SMILES string of the molecule is O=P(O)(O)O.[BaH2].[Ti]. The van der Waals surface area contributed by atoms with Crippen molar-refractivity contribution in [2.75, 3.05) is 0 Å². The van der Waals surface area contributed by atoms with Gasteiger partial charge in [0.15, 0.2) is 0 Å². The molecule has 0 aliphatic heterocycles. The van der Waals surface area contributed by atoms with E-state index in [1.165, 1.54) is 0 Å². The molecule has 0 fully saturated rings. The van der Waals surface area contributed by atoms with Gasteiger partial charge in [0, 0.05) is 21.7 Å². The van der Waals surface area contributed by atoms with E-state index in [9.17, 15) is 0 Å². The minimum Gasteiger partial charge on any atom is 0 e. The molecule has 0 aromatic carbocycles. The van der Waals surface area contributed by atoms with E-state index in [4.69, 9.17) is 19.2 Å². The summed E-state index contributed by atoms with van der Waals surface area (Å²) in [6.07, 6.45) is 0. The normalized spacial score (nSPS) is 8.43. The Hall–Kier alpha value is 2.40. The summed E-state index contributed by atoms with van der Waals surface area (Å²) in [6, 6.07) is 0. The molecule has 0 saturated heterocycles. The van der Waals surface area contributed by atoms with Crippen molar-refractivity contribution in [3.05, 3.63) is 0 Å². The van der Waals surface area contributed by atoms with Gasteiger partial charge in [-0.15, -0.1) is 0 Å². The summed E-state index contributed by atoms with van der Waals surface area (Å²) in [7, 11) is -4.64. The summed E-state index contributed by atoms with van der Waals surface area (Å²) in [5.74, 6) is 0. The van der Waals surface area contributed by atoms with E-state index in [-0.39, 0.29) is 70.6 Å². The standard InChI is InChI=1S/Ba.H3O4P.Ti.2H/c;1-5(2,3)4;;;/h;(H3,1,2,3,4);;;. The molecule has 0 radical (unpaired) electrons. The molecule has 0 aromatic heterocycles. The summed E-state index contributed by atoms with van der Waals surface area (Å²) >= 11 is 0. The molecule has 0 aliphatic carbocycles. The monoisotopic (exact) mass is 286 g/mol. The van der Waals surface area contributed by atoms with Crippen LogP contribution in [0, 0.1) is 0 Å². The fraction of sp³-hybridized carbons (Fsp3) is 0. The van der Waals surface area contributed by atoms with E-state index in [1.807, 2.05) is 0 Å². The molecule has 0 aliphatic rings. The maximum Gasteiger partial charge on any atom is 0 e. The first-order valence-electron chi connectivity index (χ1n) is 0.783. The molecule has 0 aromatic rings. The fourth-order valence-corrected chi connectivity index (χ4v) is 0. The van der Waals surface area contributed by atoms with Crippen LogP contribution in [-0.2, 0) is 26.3 Å². The molecule has 7 heavy (non-hydrogen) atoms. The van der Waals surface area contributed by atoms with Crippen molar-refractivity contribution < 1.29 is 41.0 Å². The first-order valence-corrected chi connectivity index (χ1v) is 2.35. The van der Waals surface area contributed by atoms with Crippen molar-refractivity contribution in [1.29, 1.82) is 0 Å². The summed E-state index contributed by atoms with van der Waals surface area (Å²) < 4.78 is 8.88. The molecule has 4 nitrogen and oxygen atoms in total. The Morgan fingerprint density at radius 1 is 1.14 bits per heavy atom. The van der Waals surface area contributed by atoms with Gasteiger partial charge in [-0.25, -0.2) is 4.57 Å². The third kappa shape index (κ3) is 59.8. The van der Waals surface area contributed by atoms with E-state index in [0.29, 0.717) is 0 Å². The zero-order valence-electron chi connectivity index (χ0n) is 2.70. The van der Waals surface area contributed by atoms with Gasteiger partial charge in [0.2, 0.25) is 0 Å². The average molecular weight is 285 g/mol. The molecule has 7 heteroatoms. The zero-order valence-corrected chi connectivity index (χ0v) is 5.15. The van der Waals surface area contributed by atoms with Gasteiger partial charge in [0.1, 0.15) is 0 Å². The molecule has 0 atom stereocenters. The molecule has 0 spiro atoms. The van der Waals surface area contributed by atoms with Crippen molar-refractivity contribution in [1.82, 2.24) is 0 Å². The Bertz CT molecular complexity index is 57.8. The van der Waals surface area contributed by atoms with Crippen LogP contribution < -0.4 is 0 Å². The van der Waals surface area contributed by atoms with Crippen molar-refractivity contribution >= 4 is 56.7 Å². The van der Waals surface area contributed by atoms with Gasteiger partial charge in [-0.3, -0.25) is 0 Å². The molecule has 40 valence electrons. The van der Waals surface area contributed by atoms with Crippen LogP contribution in [0.15, 0.2) is 0 Å². The van der Waals surface area contributed by atoms with Crippen molar-refractivity contribution in [2.24, 2.45) is 0 Å². The molecule has 0 bridgehead atoms. The summed E-state index contributed by atoms with van der Waals surface area (Å²) in [5, 5.41) is 0. The summed E-state index contributed by atoms with van der Waals surface area (Å²) in [5.41, 5.74) is 0. The summed E-state index contributed by atoms with van der Waals surface area (Å²) in [6.45, 7) is 0. The third-order valence-corrected chi connectivity index (χ3v) is 0. The van der Waals surface area contributed by atoms with Gasteiger partial charge in [0.05, 0.1) is 0 Å². The van der Waals surface area contributed by atoms with Crippen LogP contribution in [0.3, 0.4) is 0 Å². The quantitative estimate of drug-likeness (QED) is 0.361. The van der Waals surface area contributed by atoms with Gasteiger partial charge < -0.3 is 14.7 Å². The molecule has 3 N–H and O–H groups in total. The predicted molar refractivity (Wildman–Crippen MR) is 22.8 cm³/mol. The van der Waals surface area contributed by atoms with Crippen LogP contribution in [0.1, 0.15) is 0 Å². The molecular weight excluding hydrogens is 280 g/mol. The molecule has 0 unspecified atom stereocenters. The first kappa shape index (κ1) is 16.2. The van der Waals surface area contributed by atoms with E-state index >= 15 is 0 Å². The van der Waals surface area contributed by atoms with Crippen LogP contribution in [0.25, 0.3) is 0 Å². The van der Waals surface area contributed by atoms with Gasteiger partial charge in [-0.2, -0.15) is 0 Å². The average Bonchev–Trinajstić information content (AvgIpc) is 0.722. The Kier molecular flexibility index (Phi) is 15.1. The second-order valence-corrected chi connectivity index (χ2v) is 1.54. The molecule has 0 rings (SSSR count). The van der Waals surface area contributed by atoms with E-state index in [1.54, 1.807) is 0 Å². The van der Waals surface area contributed by atoms with Crippen LogP contribution in [0.2, 0.25) is 0 Å². The van der Waals surface area contributed by atoms with Gasteiger partial charge >= 0.3 is 56.7 Å². The minimum atomic E-state index is -4.64. The summed E-state index contributed by atoms with van der Waals surface area (Å²) in [4.78, 5) is 21.6. The Morgan fingerprint density at radius 3 is 1.14 bits per heavy atom. The van der Waals surface area contributed by atoms with Gasteiger partial charge in [0.25, 0.3) is 0 Å². The topological polar surface area (TPSA) is 77.8 Å². The van der Waals surface area contributed by atoms with Crippen LogP contribution in [0.5, 0.6) is 0 Å². The van der Waals surface area contributed by atoms with Crippen LogP contribution in [-0.4, -0.2) is 63.6 Å². The third-order valence-electron chi connectivity index (χ3n) is 0.